The first-order valence-electron chi connectivity index (χ1n) is 6.37. The number of carbonyl (C=O) groups excluding carboxylic acids is 1. The third-order valence-corrected chi connectivity index (χ3v) is 4.24. The summed E-state index contributed by atoms with van der Waals surface area (Å²) in [5.41, 5.74) is 1.37. The number of ether oxygens (including phenoxy) is 1. The Bertz CT molecular complexity index is 397. The van der Waals surface area contributed by atoms with Gasteiger partial charge in [-0.25, -0.2) is 4.79 Å². The molecular weight excluding hydrogens is 248 g/mol. The standard InChI is InChI=1S/C13H20N2O2S/c1-3-17-13(16)15-7-5-14(6-8-15)10-12-11(2)4-9-18-12/h4,9H,3,5-8,10H2,1-2H3. The zero-order valence-corrected chi connectivity index (χ0v) is 11.8. The van der Waals surface area contributed by atoms with Crippen LogP contribution in [0.1, 0.15) is 17.4 Å². The highest BCUT2D eigenvalue weighted by molar-refractivity contribution is 7.10. The van der Waals surface area contributed by atoms with Gasteiger partial charge >= 0.3 is 6.09 Å². The molecule has 0 unspecified atom stereocenters. The van der Waals surface area contributed by atoms with E-state index in [-0.39, 0.29) is 6.09 Å². The maximum absolute atomic E-state index is 11.6. The average Bonchev–Trinajstić information content (AvgIpc) is 2.76. The molecular formula is C13H20N2O2S. The molecule has 2 heterocycles. The third-order valence-electron chi connectivity index (χ3n) is 3.23. The molecule has 5 heteroatoms. The molecule has 1 amide bonds. The van der Waals surface area contributed by atoms with Gasteiger partial charge in [0.25, 0.3) is 0 Å². The van der Waals surface area contributed by atoms with Crippen molar-refractivity contribution in [2.24, 2.45) is 0 Å². The number of carbonyl (C=O) groups is 1. The second-order valence-corrected chi connectivity index (χ2v) is 5.49. The molecule has 1 aliphatic rings. The Labute approximate surface area is 112 Å². The Morgan fingerprint density at radius 3 is 2.67 bits per heavy atom. The molecule has 18 heavy (non-hydrogen) atoms. The Morgan fingerprint density at radius 1 is 1.39 bits per heavy atom. The monoisotopic (exact) mass is 268 g/mol. The largest absolute Gasteiger partial charge is 0.450 e. The molecule has 2 rings (SSSR count). The van der Waals surface area contributed by atoms with Crippen LogP contribution in [0.2, 0.25) is 0 Å². The summed E-state index contributed by atoms with van der Waals surface area (Å²) in [6.45, 7) is 8.83. The lowest BCUT2D eigenvalue weighted by atomic mass is 10.2. The third kappa shape index (κ3) is 3.23. The topological polar surface area (TPSA) is 32.8 Å². The van der Waals surface area contributed by atoms with Crippen molar-refractivity contribution in [1.29, 1.82) is 0 Å². The molecule has 0 spiro atoms. The summed E-state index contributed by atoms with van der Waals surface area (Å²) in [6, 6.07) is 2.16. The highest BCUT2D eigenvalue weighted by atomic mass is 32.1. The first kappa shape index (κ1) is 13.4. The van der Waals surface area contributed by atoms with Crippen molar-refractivity contribution in [2.45, 2.75) is 20.4 Å². The molecule has 0 atom stereocenters. The normalized spacial score (nSPS) is 16.9. The fourth-order valence-corrected chi connectivity index (χ4v) is 3.02. The Kier molecular flexibility index (Phi) is 4.60. The van der Waals surface area contributed by atoms with Gasteiger partial charge in [0, 0.05) is 37.6 Å². The number of aryl methyl sites for hydroxylation is 1. The number of amides is 1. The minimum atomic E-state index is -0.176. The minimum Gasteiger partial charge on any atom is -0.450 e. The fraction of sp³-hybridized carbons (Fsp3) is 0.615. The second-order valence-electron chi connectivity index (χ2n) is 4.49. The van der Waals surface area contributed by atoms with Crippen LogP contribution in [0.3, 0.4) is 0 Å². The number of piperazine rings is 1. The van der Waals surface area contributed by atoms with Gasteiger partial charge in [0.15, 0.2) is 0 Å². The number of hydrogen-bond donors (Lipinski definition) is 0. The molecule has 1 aliphatic heterocycles. The fourth-order valence-electron chi connectivity index (χ4n) is 2.07. The van der Waals surface area contributed by atoms with Crippen LogP contribution >= 0.6 is 11.3 Å². The first-order chi connectivity index (χ1) is 8.70. The zero-order chi connectivity index (χ0) is 13.0. The van der Waals surface area contributed by atoms with Gasteiger partial charge in [0.1, 0.15) is 0 Å². The van der Waals surface area contributed by atoms with E-state index < -0.39 is 0 Å². The SMILES string of the molecule is CCOC(=O)N1CCN(Cc2sccc2C)CC1. The molecule has 0 bridgehead atoms. The lowest BCUT2D eigenvalue weighted by Gasteiger charge is -2.33. The van der Waals surface area contributed by atoms with Crippen LogP contribution < -0.4 is 0 Å². The van der Waals surface area contributed by atoms with Crippen molar-refractivity contribution in [3.8, 4) is 0 Å². The molecule has 1 saturated heterocycles. The molecule has 100 valence electrons. The maximum atomic E-state index is 11.6. The molecule has 0 saturated carbocycles. The Hall–Kier alpha value is -1.07. The summed E-state index contributed by atoms with van der Waals surface area (Å²) < 4.78 is 5.01. The number of rotatable bonds is 3. The molecule has 4 nitrogen and oxygen atoms in total. The highest BCUT2D eigenvalue weighted by Crippen LogP contribution is 2.18. The van der Waals surface area contributed by atoms with Gasteiger partial charge in [0.2, 0.25) is 0 Å². The van der Waals surface area contributed by atoms with E-state index >= 15 is 0 Å². The van der Waals surface area contributed by atoms with E-state index in [9.17, 15) is 4.79 Å². The van der Waals surface area contributed by atoms with Crippen molar-refractivity contribution in [3.05, 3.63) is 21.9 Å². The van der Waals surface area contributed by atoms with E-state index in [1.807, 2.05) is 18.3 Å². The molecule has 0 aromatic carbocycles. The molecule has 1 fully saturated rings. The van der Waals surface area contributed by atoms with Crippen LogP contribution in [0.15, 0.2) is 11.4 Å². The summed E-state index contributed by atoms with van der Waals surface area (Å²) in [5.74, 6) is 0. The highest BCUT2D eigenvalue weighted by Gasteiger charge is 2.22. The summed E-state index contributed by atoms with van der Waals surface area (Å²) >= 11 is 1.81. The van der Waals surface area contributed by atoms with Crippen LogP contribution in [0.25, 0.3) is 0 Å². The lowest BCUT2D eigenvalue weighted by Crippen LogP contribution is -2.48. The number of hydrogen-bond acceptors (Lipinski definition) is 4. The van der Waals surface area contributed by atoms with Crippen LogP contribution in [-0.4, -0.2) is 48.7 Å². The predicted molar refractivity (Wildman–Crippen MR) is 72.9 cm³/mol. The second kappa shape index (κ2) is 6.20. The minimum absolute atomic E-state index is 0.176. The molecule has 0 N–H and O–H groups in total. The summed E-state index contributed by atoms with van der Waals surface area (Å²) in [4.78, 5) is 17.2. The lowest BCUT2D eigenvalue weighted by molar-refractivity contribution is 0.0780. The van der Waals surface area contributed by atoms with Gasteiger partial charge in [-0.05, 0) is 30.9 Å². The first-order valence-corrected chi connectivity index (χ1v) is 7.25. The summed E-state index contributed by atoms with van der Waals surface area (Å²) in [5, 5.41) is 2.14. The predicted octanol–water partition coefficient (Wildman–Crippen LogP) is 2.33. The van der Waals surface area contributed by atoms with Gasteiger partial charge in [-0.1, -0.05) is 0 Å². The smallest absolute Gasteiger partial charge is 0.409 e. The van der Waals surface area contributed by atoms with Gasteiger partial charge in [-0.3, -0.25) is 4.90 Å². The molecule has 0 aliphatic carbocycles. The Balaban J connectivity index is 1.80. The van der Waals surface area contributed by atoms with Gasteiger partial charge in [-0.2, -0.15) is 0 Å². The van der Waals surface area contributed by atoms with Gasteiger partial charge in [0.05, 0.1) is 6.61 Å². The quantitative estimate of drug-likeness (QED) is 0.843. The summed E-state index contributed by atoms with van der Waals surface area (Å²) in [7, 11) is 0. The van der Waals surface area contributed by atoms with Gasteiger partial charge < -0.3 is 9.64 Å². The molecule has 1 aromatic rings. The van der Waals surface area contributed by atoms with Crippen molar-refractivity contribution < 1.29 is 9.53 Å². The van der Waals surface area contributed by atoms with E-state index in [2.05, 4.69) is 23.3 Å². The maximum Gasteiger partial charge on any atom is 0.409 e. The van der Waals surface area contributed by atoms with Crippen LogP contribution in [0.4, 0.5) is 4.79 Å². The zero-order valence-electron chi connectivity index (χ0n) is 11.0. The number of nitrogens with zero attached hydrogens (tertiary/aromatic N) is 2. The van der Waals surface area contributed by atoms with E-state index in [1.54, 1.807) is 4.90 Å². The van der Waals surface area contributed by atoms with E-state index in [0.717, 1.165) is 32.7 Å². The van der Waals surface area contributed by atoms with Crippen LogP contribution in [-0.2, 0) is 11.3 Å². The van der Waals surface area contributed by atoms with Crippen LogP contribution in [0.5, 0.6) is 0 Å². The average molecular weight is 268 g/mol. The number of thiophene rings is 1. The van der Waals surface area contributed by atoms with Crippen molar-refractivity contribution in [1.82, 2.24) is 9.80 Å². The van der Waals surface area contributed by atoms with Gasteiger partial charge in [-0.15, -0.1) is 11.3 Å². The Morgan fingerprint density at radius 2 is 2.11 bits per heavy atom. The van der Waals surface area contributed by atoms with E-state index in [4.69, 9.17) is 4.74 Å². The molecule has 0 radical (unpaired) electrons. The molecule has 1 aromatic heterocycles. The van der Waals surface area contributed by atoms with Crippen molar-refractivity contribution in [3.63, 3.8) is 0 Å². The van der Waals surface area contributed by atoms with Crippen molar-refractivity contribution >= 4 is 17.4 Å². The van der Waals surface area contributed by atoms with Crippen molar-refractivity contribution in [2.75, 3.05) is 32.8 Å². The van der Waals surface area contributed by atoms with E-state index in [1.165, 1.54) is 10.4 Å². The summed E-state index contributed by atoms with van der Waals surface area (Å²) in [6.07, 6.45) is -0.176. The van der Waals surface area contributed by atoms with Crippen LogP contribution in [0, 0.1) is 6.92 Å². The van der Waals surface area contributed by atoms with E-state index in [0.29, 0.717) is 6.61 Å².